The SMILES string of the molecule is CCC1(NC(=O)c2cc(NC)ncc2Cl)CCC1. The van der Waals surface area contributed by atoms with E-state index in [0.717, 1.165) is 19.3 Å². The number of amides is 1. The second-order valence-electron chi connectivity index (χ2n) is 4.74. The summed E-state index contributed by atoms with van der Waals surface area (Å²) < 4.78 is 0. The van der Waals surface area contributed by atoms with Crippen LogP contribution >= 0.6 is 11.6 Å². The van der Waals surface area contributed by atoms with Crippen LogP contribution in [0.25, 0.3) is 0 Å². The number of halogens is 1. The summed E-state index contributed by atoms with van der Waals surface area (Å²) in [7, 11) is 1.76. The highest BCUT2D eigenvalue weighted by atomic mass is 35.5. The van der Waals surface area contributed by atoms with Gasteiger partial charge in [0.05, 0.1) is 10.6 Å². The minimum atomic E-state index is -0.111. The summed E-state index contributed by atoms with van der Waals surface area (Å²) in [5, 5.41) is 6.40. The number of carbonyl (C=O) groups excluding carboxylic acids is 1. The van der Waals surface area contributed by atoms with Crippen molar-refractivity contribution in [2.45, 2.75) is 38.1 Å². The molecule has 0 aromatic carbocycles. The highest BCUT2D eigenvalue weighted by Gasteiger charge is 2.36. The van der Waals surface area contributed by atoms with Crippen molar-refractivity contribution in [3.8, 4) is 0 Å². The van der Waals surface area contributed by atoms with Crippen molar-refractivity contribution in [1.82, 2.24) is 10.3 Å². The van der Waals surface area contributed by atoms with Crippen LogP contribution in [0.15, 0.2) is 12.3 Å². The standard InChI is InChI=1S/C13H18ClN3O/c1-3-13(5-4-6-13)17-12(18)9-7-11(15-2)16-8-10(9)14/h7-8H,3-6H2,1-2H3,(H,15,16)(H,17,18). The first kappa shape index (κ1) is 13.1. The third-order valence-electron chi connectivity index (χ3n) is 3.72. The Kier molecular flexibility index (Phi) is 3.76. The molecule has 0 saturated heterocycles. The summed E-state index contributed by atoms with van der Waals surface area (Å²) in [6, 6.07) is 1.68. The minimum Gasteiger partial charge on any atom is -0.373 e. The number of rotatable bonds is 4. The lowest BCUT2D eigenvalue weighted by atomic mass is 9.74. The second-order valence-corrected chi connectivity index (χ2v) is 5.15. The Balaban J connectivity index is 2.18. The van der Waals surface area contributed by atoms with Crippen LogP contribution in [0.3, 0.4) is 0 Å². The Bertz CT molecular complexity index is 452. The van der Waals surface area contributed by atoms with Crippen LogP contribution < -0.4 is 10.6 Å². The van der Waals surface area contributed by atoms with E-state index in [2.05, 4.69) is 22.5 Å². The van der Waals surface area contributed by atoms with Crippen LogP contribution in [0.2, 0.25) is 5.02 Å². The summed E-state index contributed by atoms with van der Waals surface area (Å²) in [6.07, 6.45) is 5.75. The molecule has 4 nitrogen and oxygen atoms in total. The average molecular weight is 268 g/mol. The van der Waals surface area contributed by atoms with E-state index in [-0.39, 0.29) is 11.4 Å². The molecule has 1 aromatic heterocycles. The number of hydrogen-bond acceptors (Lipinski definition) is 3. The Morgan fingerprint density at radius 2 is 2.28 bits per heavy atom. The number of pyridine rings is 1. The summed E-state index contributed by atoms with van der Waals surface area (Å²) in [4.78, 5) is 16.3. The first-order valence-corrected chi connectivity index (χ1v) is 6.64. The zero-order valence-corrected chi connectivity index (χ0v) is 11.5. The maximum Gasteiger partial charge on any atom is 0.253 e. The highest BCUT2D eigenvalue weighted by molar-refractivity contribution is 6.33. The molecule has 0 radical (unpaired) electrons. The maximum absolute atomic E-state index is 12.2. The first-order chi connectivity index (χ1) is 8.60. The van der Waals surface area contributed by atoms with Crippen LogP contribution in [0.4, 0.5) is 5.82 Å². The number of nitrogens with one attached hydrogen (secondary N) is 2. The van der Waals surface area contributed by atoms with E-state index >= 15 is 0 Å². The largest absolute Gasteiger partial charge is 0.373 e. The minimum absolute atomic E-state index is 0.0243. The van der Waals surface area contributed by atoms with Crippen molar-refractivity contribution in [2.24, 2.45) is 0 Å². The van der Waals surface area contributed by atoms with Gasteiger partial charge in [-0.1, -0.05) is 18.5 Å². The van der Waals surface area contributed by atoms with Gasteiger partial charge < -0.3 is 10.6 Å². The fraction of sp³-hybridized carbons (Fsp3) is 0.538. The van der Waals surface area contributed by atoms with Crippen molar-refractivity contribution >= 4 is 23.3 Å². The molecule has 18 heavy (non-hydrogen) atoms. The summed E-state index contributed by atoms with van der Waals surface area (Å²) in [5.41, 5.74) is 0.458. The molecule has 1 heterocycles. The molecule has 2 rings (SSSR count). The normalized spacial score (nSPS) is 16.8. The number of aromatic nitrogens is 1. The molecule has 1 saturated carbocycles. The average Bonchev–Trinajstić information content (AvgIpc) is 2.34. The Labute approximate surface area is 112 Å². The van der Waals surface area contributed by atoms with Crippen LogP contribution in [0.5, 0.6) is 0 Å². The molecule has 0 bridgehead atoms. The monoisotopic (exact) mass is 267 g/mol. The lowest BCUT2D eigenvalue weighted by Gasteiger charge is -2.42. The molecule has 98 valence electrons. The third-order valence-corrected chi connectivity index (χ3v) is 4.02. The third kappa shape index (κ3) is 2.43. The molecule has 1 amide bonds. The van der Waals surface area contributed by atoms with E-state index in [1.807, 2.05) is 0 Å². The second kappa shape index (κ2) is 5.14. The summed E-state index contributed by atoms with van der Waals surface area (Å²) in [5.74, 6) is 0.532. The van der Waals surface area contributed by atoms with Crippen molar-refractivity contribution in [3.63, 3.8) is 0 Å². The van der Waals surface area contributed by atoms with Gasteiger partial charge in [-0.15, -0.1) is 0 Å². The molecular formula is C13H18ClN3O. The van der Waals surface area contributed by atoms with Crippen molar-refractivity contribution in [1.29, 1.82) is 0 Å². The Morgan fingerprint density at radius 1 is 1.56 bits per heavy atom. The quantitative estimate of drug-likeness (QED) is 0.882. The van der Waals surface area contributed by atoms with E-state index in [1.54, 1.807) is 13.1 Å². The number of anilines is 1. The van der Waals surface area contributed by atoms with E-state index in [1.165, 1.54) is 12.6 Å². The molecule has 0 spiro atoms. The zero-order chi connectivity index (χ0) is 13.2. The Hall–Kier alpha value is -1.29. The van der Waals surface area contributed by atoms with Gasteiger partial charge in [-0.25, -0.2) is 4.98 Å². The van der Waals surface area contributed by atoms with Gasteiger partial charge in [0.15, 0.2) is 0 Å². The molecule has 0 atom stereocenters. The first-order valence-electron chi connectivity index (χ1n) is 6.26. The number of hydrogen-bond donors (Lipinski definition) is 2. The molecule has 1 aliphatic carbocycles. The molecule has 0 aliphatic heterocycles. The van der Waals surface area contributed by atoms with Gasteiger partial charge in [-0.3, -0.25) is 4.79 Å². The van der Waals surface area contributed by atoms with Gasteiger partial charge in [0, 0.05) is 18.8 Å². The highest BCUT2D eigenvalue weighted by Crippen LogP contribution is 2.35. The van der Waals surface area contributed by atoms with Crippen LogP contribution in [0.1, 0.15) is 43.0 Å². The maximum atomic E-state index is 12.2. The molecule has 5 heteroatoms. The smallest absolute Gasteiger partial charge is 0.253 e. The molecular weight excluding hydrogens is 250 g/mol. The summed E-state index contributed by atoms with van der Waals surface area (Å²) >= 11 is 6.03. The topological polar surface area (TPSA) is 54.0 Å². The van der Waals surface area contributed by atoms with Crippen molar-refractivity contribution in [2.75, 3.05) is 12.4 Å². The number of nitrogens with zero attached hydrogens (tertiary/aromatic N) is 1. The van der Waals surface area contributed by atoms with Gasteiger partial charge in [-0.2, -0.15) is 0 Å². The molecule has 2 N–H and O–H groups in total. The Morgan fingerprint density at radius 3 is 2.78 bits per heavy atom. The van der Waals surface area contributed by atoms with Crippen LogP contribution in [-0.4, -0.2) is 23.5 Å². The van der Waals surface area contributed by atoms with Gasteiger partial charge in [0.25, 0.3) is 5.91 Å². The van der Waals surface area contributed by atoms with Gasteiger partial charge in [-0.05, 0) is 31.7 Å². The lowest BCUT2D eigenvalue weighted by Crippen LogP contribution is -2.53. The fourth-order valence-corrected chi connectivity index (χ4v) is 2.42. The van der Waals surface area contributed by atoms with Crippen molar-refractivity contribution < 1.29 is 4.79 Å². The van der Waals surface area contributed by atoms with E-state index in [0.29, 0.717) is 16.4 Å². The predicted molar refractivity (Wildman–Crippen MR) is 73.1 cm³/mol. The predicted octanol–water partition coefficient (Wildman–Crippen LogP) is 2.84. The van der Waals surface area contributed by atoms with E-state index < -0.39 is 0 Å². The van der Waals surface area contributed by atoms with Crippen LogP contribution in [-0.2, 0) is 0 Å². The molecule has 1 fully saturated rings. The van der Waals surface area contributed by atoms with E-state index in [9.17, 15) is 4.79 Å². The number of carbonyl (C=O) groups is 1. The van der Waals surface area contributed by atoms with Crippen molar-refractivity contribution in [3.05, 3.63) is 22.8 Å². The summed E-state index contributed by atoms with van der Waals surface area (Å²) in [6.45, 7) is 2.10. The molecule has 1 aliphatic rings. The van der Waals surface area contributed by atoms with Gasteiger partial charge in [0.1, 0.15) is 5.82 Å². The molecule has 1 aromatic rings. The fourth-order valence-electron chi connectivity index (χ4n) is 2.23. The van der Waals surface area contributed by atoms with Gasteiger partial charge in [0.2, 0.25) is 0 Å². The molecule has 0 unspecified atom stereocenters. The lowest BCUT2D eigenvalue weighted by molar-refractivity contribution is 0.0820. The van der Waals surface area contributed by atoms with Gasteiger partial charge >= 0.3 is 0 Å². The van der Waals surface area contributed by atoms with E-state index in [4.69, 9.17) is 11.6 Å². The van der Waals surface area contributed by atoms with Crippen LogP contribution in [0, 0.1) is 0 Å². The zero-order valence-electron chi connectivity index (χ0n) is 10.7.